The Morgan fingerprint density at radius 2 is 2.08 bits per heavy atom. The van der Waals surface area contributed by atoms with Gasteiger partial charge in [-0.2, -0.15) is 0 Å². The minimum absolute atomic E-state index is 0.189. The molecule has 4 nitrogen and oxygen atoms in total. The molecule has 0 rings (SSSR count). The summed E-state index contributed by atoms with van der Waals surface area (Å²) < 4.78 is 9.77. The number of ether oxygens (including phenoxy) is 2. The Morgan fingerprint density at radius 1 is 1.31 bits per heavy atom. The minimum Gasteiger partial charge on any atom is -0.460 e. The third kappa shape index (κ3) is 9.04. The van der Waals surface area contributed by atoms with E-state index in [0.717, 1.165) is 18.9 Å². The van der Waals surface area contributed by atoms with Crippen LogP contribution in [0.15, 0.2) is 12.7 Å². The van der Waals surface area contributed by atoms with Gasteiger partial charge in [0.2, 0.25) is 0 Å². The summed E-state index contributed by atoms with van der Waals surface area (Å²) in [7, 11) is 0. The Balaban J connectivity index is 2.99. The van der Waals surface area contributed by atoms with E-state index in [1.54, 1.807) is 0 Å². The molecule has 0 radical (unpaired) electrons. The van der Waals surface area contributed by atoms with Crippen LogP contribution in [0.2, 0.25) is 0 Å². The molecule has 0 spiro atoms. The Morgan fingerprint density at radius 3 is 2.69 bits per heavy atom. The van der Waals surface area contributed by atoms with E-state index in [-0.39, 0.29) is 13.2 Å². The molecule has 0 saturated carbocycles. The standard InChI is InChI=1S/C9H16O4/c1-2-9(11)13-8-7-12-6-4-3-5-10/h2,10H,1,3-8H2. The molecule has 0 aliphatic carbocycles. The molecular weight excluding hydrogens is 172 g/mol. The second-order valence-electron chi connectivity index (χ2n) is 2.41. The fourth-order valence-corrected chi connectivity index (χ4v) is 0.678. The highest BCUT2D eigenvalue weighted by Crippen LogP contribution is 1.88. The van der Waals surface area contributed by atoms with Crippen molar-refractivity contribution in [1.29, 1.82) is 0 Å². The van der Waals surface area contributed by atoms with Crippen molar-refractivity contribution in [2.75, 3.05) is 26.4 Å². The maximum absolute atomic E-state index is 10.5. The number of hydrogen-bond donors (Lipinski definition) is 1. The van der Waals surface area contributed by atoms with E-state index in [0.29, 0.717) is 13.2 Å². The van der Waals surface area contributed by atoms with Crippen molar-refractivity contribution in [3.63, 3.8) is 0 Å². The summed E-state index contributed by atoms with van der Waals surface area (Å²) >= 11 is 0. The number of aliphatic hydroxyl groups excluding tert-OH is 1. The third-order valence-corrected chi connectivity index (χ3v) is 1.34. The summed E-state index contributed by atoms with van der Waals surface area (Å²) in [6.45, 7) is 4.68. The number of hydrogen-bond acceptors (Lipinski definition) is 4. The van der Waals surface area contributed by atoms with Crippen molar-refractivity contribution in [2.45, 2.75) is 12.8 Å². The summed E-state index contributed by atoms with van der Waals surface area (Å²) in [6.07, 6.45) is 2.68. The average Bonchev–Trinajstić information content (AvgIpc) is 2.16. The average molecular weight is 188 g/mol. The number of unbranched alkanes of at least 4 members (excludes halogenated alkanes) is 1. The molecule has 0 fully saturated rings. The van der Waals surface area contributed by atoms with Gasteiger partial charge in [-0.1, -0.05) is 6.58 Å². The topological polar surface area (TPSA) is 55.8 Å². The van der Waals surface area contributed by atoms with Crippen molar-refractivity contribution >= 4 is 5.97 Å². The molecule has 13 heavy (non-hydrogen) atoms. The van der Waals surface area contributed by atoms with Crippen molar-refractivity contribution in [1.82, 2.24) is 0 Å². The molecule has 76 valence electrons. The van der Waals surface area contributed by atoms with Gasteiger partial charge in [0.25, 0.3) is 0 Å². The van der Waals surface area contributed by atoms with E-state index in [4.69, 9.17) is 9.84 Å². The highest BCUT2D eigenvalue weighted by Gasteiger charge is 1.94. The van der Waals surface area contributed by atoms with Gasteiger partial charge in [0.1, 0.15) is 6.61 Å². The molecule has 0 unspecified atom stereocenters. The Kier molecular flexibility index (Phi) is 8.60. The molecule has 1 N–H and O–H groups in total. The molecule has 0 aromatic rings. The summed E-state index contributed by atoms with van der Waals surface area (Å²) in [4.78, 5) is 10.5. The number of rotatable bonds is 8. The summed E-state index contributed by atoms with van der Waals surface area (Å²) in [6, 6.07) is 0. The molecule has 0 aliphatic rings. The van der Waals surface area contributed by atoms with Crippen LogP contribution in [-0.4, -0.2) is 37.5 Å². The lowest BCUT2D eigenvalue weighted by Gasteiger charge is -2.03. The maximum Gasteiger partial charge on any atom is 0.330 e. The van der Waals surface area contributed by atoms with Gasteiger partial charge >= 0.3 is 5.97 Å². The van der Waals surface area contributed by atoms with Gasteiger partial charge in [0.15, 0.2) is 0 Å². The molecule has 0 amide bonds. The van der Waals surface area contributed by atoms with Crippen LogP contribution in [0.5, 0.6) is 0 Å². The first-order valence-corrected chi connectivity index (χ1v) is 4.29. The first-order valence-electron chi connectivity index (χ1n) is 4.29. The summed E-state index contributed by atoms with van der Waals surface area (Å²) in [5.74, 6) is -0.432. The van der Waals surface area contributed by atoms with Crippen LogP contribution < -0.4 is 0 Å². The van der Waals surface area contributed by atoms with Gasteiger partial charge in [-0.05, 0) is 12.8 Å². The van der Waals surface area contributed by atoms with Crippen molar-refractivity contribution < 1.29 is 19.4 Å². The minimum atomic E-state index is -0.432. The molecule has 0 aromatic heterocycles. The molecule has 0 saturated heterocycles. The lowest BCUT2D eigenvalue weighted by Crippen LogP contribution is -2.09. The zero-order chi connectivity index (χ0) is 9.94. The Labute approximate surface area is 78.2 Å². The Bertz CT molecular complexity index is 145. The van der Waals surface area contributed by atoms with E-state index in [9.17, 15) is 4.79 Å². The molecule has 0 bridgehead atoms. The highest BCUT2D eigenvalue weighted by molar-refractivity contribution is 5.81. The SMILES string of the molecule is C=CC(=O)OCCOCCCCO. The second kappa shape index (κ2) is 9.22. The Hall–Kier alpha value is -0.870. The predicted molar refractivity (Wildman–Crippen MR) is 48.3 cm³/mol. The van der Waals surface area contributed by atoms with E-state index in [1.165, 1.54) is 0 Å². The van der Waals surface area contributed by atoms with Gasteiger partial charge in [0.05, 0.1) is 6.61 Å². The smallest absolute Gasteiger partial charge is 0.330 e. The van der Waals surface area contributed by atoms with Crippen LogP contribution in [0.1, 0.15) is 12.8 Å². The quantitative estimate of drug-likeness (QED) is 0.342. The first kappa shape index (κ1) is 12.1. The first-order chi connectivity index (χ1) is 6.31. The largest absolute Gasteiger partial charge is 0.460 e. The van der Waals surface area contributed by atoms with E-state index < -0.39 is 5.97 Å². The fourth-order valence-electron chi connectivity index (χ4n) is 0.678. The molecule has 0 aromatic carbocycles. The van der Waals surface area contributed by atoms with Crippen molar-refractivity contribution in [2.24, 2.45) is 0 Å². The van der Waals surface area contributed by atoms with E-state index >= 15 is 0 Å². The van der Waals surface area contributed by atoms with Gasteiger partial charge in [0, 0.05) is 19.3 Å². The molecule has 4 heteroatoms. The van der Waals surface area contributed by atoms with Gasteiger partial charge in [-0.25, -0.2) is 4.79 Å². The van der Waals surface area contributed by atoms with E-state index in [1.807, 2.05) is 0 Å². The molecule has 0 heterocycles. The highest BCUT2D eigenvalue weighted by atomic mass is 16.6. The lowest BCUT2D eigenvalue weighted by molar-refractivity contribution is -0.139. The van der Waals surface area contributed by atoms with Crippen LogP contribution in [0.4, 0.5) is 0 Å². The number of aliphatic hydroxyl groups is 1. The maximum atomic E-state index is 10.5. The van der Waals surface area contributed by atoms with Crippen LogP contribution in [0.3, 0.4) is 0 Å². The second-order valence-corrected chi connectivity index (χ2v) is 2.41. The molecule has 0 atom stereocenters. The number of esters is 1. The molecular formula is C9H16O4. The summed E-state index contributed by atoms with van der Waals surface area (Å²) in [5.41, 5.74) is 0. The number of carbonyl (C=O) groups is 1. The predicted octanol–water partition coefficient (Wildman–Crippen LogP) is 0.505. The normalized spacial score (nSPS) is 9.62. The van der Waals surface area contributed by atoms with Crippen molar-refractivity contribution in [3.8, 4) is 0 Å². The zero-order valence-corrected chi connectivity index (χ0v) is 7.70. The fraction of sp³-hybridized carbons (Fsp3) is 0.667. The van der Waals surface area contributed by atoms with E-state index in [2.05, 4.69) is 11.3 Å². The third-order valence-electron chi connectivity index (χ3n) is 1.34. The summed E-state index contributed by atoms with van der Waals surface area (Å²) in [5, 5.41) is 8.44. The monoisotopic (exact) mass is 188 g/mol. The van der Waals surface area contributed by atoms with Gasteiger partial charge < -0.3 is 14.6 Å². The van der Waals surface area contributed by atoms with Gasteiger partial charge in [-0.15, -0.1) is 0 Å². The molecule has 0 aliphatic heterocycles. The van der Waals surface area contributed by atoms with Gasteiger partial charge in [-0.3, -0.25) is 0 Å². The number of carbonyl (C=O) groups excluding carboxylic acids is 1. The van der Waals surface area contributed by atoms with Crippen LogP contribution >= 0.6 is 0 Å². The zero-order valence-electron chi connectivity index (χ0n) is 7.70. The van der Waals surface area contributed by atoms with Crippen LogP contribution in [0.25, 0.3) is 0 Å². The van der Waals surface area contributed by atoms with Crippen molar-refractivity contribution in [3.05, 3.63) is 12.7 Å². The van der Waals surface area contributed by atoms with Crippen LogP contribution in [-0.2, 0) is 14.3 Å². The van der Waals surface area contributed by atoms with Crippen LogP contribution in [0, 0.1) is 0 Å². The lowest BCUT2D eigenvalue weighted by atomic mass is 10.3.